The van der Waals surface area contributed by atoms with Crippen LogP contribution in [0, 0.1) is 17.6 Å². The Hall–Kier alpha value is -4.15. The first-order valence-corrected chi connectivity index (χ1v) is 16.3. The molecule has 3 aromatic rings. The maximum atomic E-state index is 14.2. The Morgan fingerprint density at radius 2 is 1.57 bits per heavy atom. The lowest BCUT2D eigenvalue weighted by molar-refractivity contribution is -0.144. The summed E-state index contributed by atoms with van der Waals surface area (Å²) in [7, 11) is 0. The molecule has 252 valence electrons. The van der Waals surface area contributed by atoms with Crippen molar-refractivity contribution < 1.29 is 28.3 Å². The first kappa shape index (κ1) is 35.7. The van der Waals surface area contributed by atoms with Crippen molar-refractivity contribution in [1.29, 1.82) is 0 Å². The molecule has 1 fully saturated rings. The molecule has 4 rings (SSSR count). The number of nitrogens with one attached hydrogen (secondary N) is 3. The fourth-order valence-electron chi connectivity index (χ4n) is 6.44. The van der Waals surface area contributed by atoms with Gasteiger partial charge in [-0.25, -0.2) is 8.78 Å². The Morgan fingerprint density at radius 3 is 2.17 bits per heavy atom. The number of carbonyl (C=O) groups excluding carboxylic acids is 3. The molecule has 8 nitrogen and oxygen atoms in total. The highest BCUT2D eigenvalue weighted by Gasteiger charge is 2.53. The van der Waals surface area contributed by atoms with Gasteiger partial charge in [-0.15, -0.1) is 0 Å². The molecule has 1 unspecified atom stereocenters. The summed E-state index contributed by atoms with van der Waals surface area (Å²) in [6.45, 7) is 5.75. The Labute approximate surface area is 275 Å². The maximum Gasteiger partial charge on any atom is 0.249 e. The van der Waals surface area contributed by atoms with Crippen molar-refractivity contribution in [2.45, 2.75) is 83.1 Å². The highest BCUT2D eigenvalue weighted by Crippen LogP contribution is 2.34. The number of amides is 3. The average Bonchev–Trinajstić information content (AvgIpc) is 3.36. The molecule has 0 bridgehead atoms. The second kappa shape index (κ2) is 16.6. The molecule has 4 N–H and O–H groups in total. The van der Waals surface area contributed by atoms with E-state index in [2.05, 4.69) is 16.0 Å². The highest BCUT2D eigenvalue weighted by molar-refractivity contribution is 5.96. The van der Waals surface area contributed by atoms with Crippen LogP contribution >= 0.6 is 0 Å². The third-order valence-electron chi connectivity index (χ3n) is 9.17. The summed E-state index contributed by atoms with van der Waals surface area (Å²) >= 11 is 0. The van der Waals surface area contributed by atoms with Gasteiger partial charge < -0.3 is 26.0 Å². The van der Waals surface area contributed by atoms with E-state index in [4.69, 9.17) is 0 Å². The van der Waals surface area contributed by atoms with Crippen molar-refractivity contribution in [2.24, 2.45) is 5.92 Å². The third kappa shape index (κ3) is 9.45. The van der Waals surface area contributed by atoms with E-state index in [-0.39, 0.29) is 30.8 Å². The lowest BCUT2D eigenvalue weighted by atomic mass is 9.81. The zero-order chi connectivity index (χ0) is 34.0. The van der Waals surface area contributed by atoms with Crippen molar-refractivity contribution in [3.8, 4) is 0 Å². The van der Waals surface area contributed by atoms with Crippen LogP contribution < -0.4 is 16.0 Å². The molecule has 3 amide bonds. The second-order valence-corrected chi connectivity index (χ2v) is 12.5. The fraction of sp³-hybridized carbons (Fsp3) is 0.432. The molecule has 47 heavy (non-hydrogen) atoms. The van der Waals surface area contributed by atoms with Crippen LogP contribution in [0.2, 0.25) is 0 Å². The maximum absolute atomic E-state index is 14.2. The fourth-order valence-corrected chi connectivity index (χ4v) is 6.44. The normalized spacial score (nSPS) is 18.8. The van der Waals surface area contributed by atoms with Gasteiger partial charge in [0.25, 0.3) is 0 Å². The van der Waals surface area contributed by atoms with E-state index in [1.54, 1.807) is 4.90 Å². The van der Waals surface area contributed by atoms with E-state index in [1.165, 1.54) is 19.1 Å². The molecule has 5 atom stereocenters. The molecule has 0 aliphatic carbocycles. The summed E-state index contributed by atoms with van der Waals surface area (Å²) in [6.07, 6.45) is 1.18. The number of carbonyl (C=O) groups is 3. The first-order chi connectivity index (χ1) is 22.5. The smallest absolute Gasteiger partial charge is 0.249 e. The van der Waals surface area contributed by atoms with Crippen molar-refractivity contribution >= 4 is 17.7 Å². The van der Waals surface area contributed by atoms with Crippen LogP contribution in [-0.4, -0.2) is 64.5 Å². The zero-order valence-corrected chi connectivity index (χ0v) is 27.3. The van der Waals surface area contributed by atoms with E-state index in [0.717, 1.165) is 17.2 Å². The molecule has 0 aromatic heterocycles. The summed E-state index contributed by atoms with van der Waals surface area (Å²) in [5, 5.41) is 20.4. The van der Waals surface area contributed by atoms with Gasteiger partial charge in [0.05, 0.1) is 12.1 Å². The number of hydrogen-bond donors (Lipinski definition) is 4. The molecule has 1 aliphatic rings. The van der Waals surface area contributed by atoms with Crippen LogP contribution in [0.3, 0.4) is 0 Å². The Kier molecular flexibility index (Phi) is 12.6. The third-order valence-corrected chi connectivity index (χ3v) is 9.17. The number of aliphatic hydroxyl groups excluding tert-OH is 1. The van der Waals surface area contributed by atoms with Crippen LogP contribution in [0.25, 0.3) is 0 Å². The SMILES string of the molecule is CCC(C)[C@@]1(NC(C)=O)CCN([C@@H](CCc2ccccc2)C(=O)N[C@@H](Cc2ccccc2)[C@H](O)CNCc2cc(F)cc(F)c2)C1=O. The van der Waals surface area contributed by atoms with E-state index >= 15 is 0 Å². The Balaban J connectivity index is 1.57. The van der Waals surface area contributed by atoms with Crippen molar-refractivity contribution in [3.63, 3.8) is 0 Å². The van der Waals surface area contributed by atoms with Gasteiger partial charge in [0.15, 0.2) is 0 Å². The predicted octanol–water partition coefficient (Wildman–Crippen LogP) is 4.30. The lowest BCUT2D eigenvalue weighted by Gasteiger charge is -2.36. The summed E-state index contributed by atoms with van der Waals surface area (Å²) in [5.41, 5.74) is 1.19. The number of aliphatic hydroxyl groups is 1. The van der Waals surface area contributed by atoms with Crippen LogP contribution in [0.15, 0.2) is 78.9 Å². The van der Waals surface area contributed by atoms with Gasteiger partial charge in [-0.05, 0) is 60.4 Å². The minimum Gasteiger partial charge on any atom is -0.390 e. The molecule has 0 radical (unpaired) electrons. The summed E-state index contributed by atoms with van der Waals surface area (Å²) < 4.78 is 27.4. The largest absolute Gasteiger partial charge is 0.390 e. The number of likely N-dealkylation sites (tertiary alicyclic amines) is 1. The molecule has 1 heterocycles. The van der Waals surface area contributed by atoms with Gasteiger partial charge in [-0.1, -0.05) is 80.9 Å². The number of halogens is 2. The quantitative estimate of drug-likeness (QED) is 0.185. The number of nitrogens with zero attached hydrogens (tertiary/aromatic N) is 1. The van der Waals surface area contributed by atoms with Crippen LogP contribution in [0.4, 0.5) is 8.78 Å². The molecule has 1 aliphatic heterocycles. The van der Waals surface area contributed by atoms with Crippen LogP contribution in [0.1, 0.15) is 56.7 Å². The van der Waals surface area contributed by atoms with E-state index in [9.17, 15) is 28.3 Å². The second-order valence-electron chi connectivity index (χ2n) is 12.5. The van der Waals surface area contributed by atoms with Gasteiger partial charge in [0.1, 0.15) is 23.2 Å². The van der Waals surface area contributed by atoms with Gasteiger partial charge in [-0.2, -0.15) is 0 Å². The summed E-state index contributed by atoms with van der Waals surface area (Å²) in [4.78, 5) is 42.3. The zero-order valence-electron chi connectivity index (χ0n) is 27.3. The van der Waals surface area contributed by atoms with Crippen molar-refractivity contribution in [2.75, 3.05) is 13.1 Å². The van der Waals surface area contributed by atoms with E-state index in [1.807, 2.05) is 74.5 Å². The van der Waals surface area contributed by atoms with Crippen molar-refractivity contribution in [3.05, 3.63) is 107 Å². The lowest BCUT2D eigenvalue weighted by Crippen LogP contribution is -2.60. The topological polar surface area (TPSA) is 111 Å². The number of rotatable bonds is 16. The summed E-state index contributed by atoms with van der Waals surface area (Å²) in [6, 6.07) is 20.8. The highest BCUT2D eigenvalue weighted by atomic mass is 19.1. The summed E-state index contributed by atoms with van der Waals surface area (Å²) in [5.74, 6) is -2.50. The number of benzene rings is 3. The molecule has 3 aromatic carbocycles. The predicted molar refractivity (Wildman–Crippen MR) is 177 cm³/mol. The minimum absolute atomic E-state index is 0.0346. The van der Waals surface area contributed by atoms with Crippen molar-refractivity contribution in [1.82, 2.24) is 20.9 Å². The standard InChI is InChI=1S/C37H46F2N4O4/c1-4-25(2)37(42-26(3)44)17-18-43(36(37)47)33(16-15-27-11-7-5-8-12-27)35(46)41-32(21-28-13-9-6-10-14-28)34(45)24-40-23-29-19-30(38)22-31(39)20-29/h5-14,19-20,22,25,32-34,40,45H,4,15-18,21,23-24H2,1-3H3,(H,41,46)(H,42,44)/t25?,32-,33-,34+,37-/m0/s1. The average molecular weight is 649 g/mol. The monoisotopic (exact) mass is 648 g/mol. The van der Waals surface area contributed by atoms with E-state index < -0.39 is 41.3 Å². The first-order valence-electron chi connectivity index (χ1n) is 16.3. The molecule has 10 heteroatoms. The van der Waals surface area contributed by atoms with Gasteiger partial charge in [0.2, 0.25) is 17.7 Å². The van der Waals surface area contributed by atoms with E-state index in [0.29, 0.717) is 44.2 Å². The number of aryl methyl sites for hydroxylation is 1. The Bertz CT molecular complexity index is 1470. The molecule has 0 saturated carbocycles. The van der Waals surface area contributed by atoms with Gasteiger partial charge in [-0.3, -0.25) is 14.4 Å². The van der Waals surface area contributed by atoms with Crippen LogP contribution in [-0.2, 0) is 33.8 Å². The molecule has 0 spiro atoms. The number of hydrogen-bond acceptors (Lipinski definition) is 5. The van der Waals surface area contributed by atoms with Gasteiger partial charge >= 0.3 is 0 Å². The Morgan fingerprint density at radius 1 is 0.957 bits per heavy atom. The molecular formula is C37H46F2N4O4. The molecule has 1 saturated heterocycles. The van der Waals surface area contributed by atoms with Gasteiger partial charge in [0, 0.05) is 32.6 Å². The van der Waals surface area contributed by atoms with Crippen LogP contribution in [0.5, 0.6) is 0 Å². The minimum atomic E-state index is -1.10. The molecular weight excluding hydrogens is 602 g/mol.